The van der Waals surface area contributed by atoms with E-state index in [1.54, 1.807) is 25.7 Å². The molecule has 2 heterocycles. The van der Waals surface area contributed by atoms with Gasteiger partial charge in [0, 0.05) is 36.8 Å². The van der Waals surface area contributed by atoms with E-state index >= 15 is 0 Å². The summed E-state index contributed by atoms with van der Waals surface area (Å²) >= 11 is 0. The molecule has 2 aromatic rings. The van der Waals surface area contributed by atoms with Crippen molar-refractivity contribution in [2.75, 3.05) is 7.05 Å². The fourth-order valence-electron chi connectivity index (χ4n) is 1.34. The Bertz CT molecular complexity index is 523. The number of pyridine rings is 1. The van der Waals surface area contributed by atoms with Gasteiger partial charge in [-0.2, -0.15) is 5.10 Å². The van der Waals surface area contributed by atoms with Gasteiger partial charge in [0.15, 0.2) is 0 Å². The fraction of sp³-hybridized carbons (Fsp3) is 0.100. The van der Waals surface area contributed by atoms with Crippen molar-refractivity contribution >= 4 is 22.8 Å². The lowest BCUT2D eigenvalue weighted by molar-refractivity contribution is 1.12. The molecular weight excluding hydrogens is 190 g/mol. The van der Waals surface area contributed by atoms with Gasteiger partial charge in [-0.05, 0) is 6.07 Å². The maximum absolute atomic E-state index is 5.50. The SMILES string of the molecule is CN=CC(=CN)c1cnc2cn[nH]c2c1. The molecule has 5 heteroatoms. The minimum Gasteiger partial charge on any atom is -0.404 e. The van der Waals surface area contributed by atoms with Crippen molar-refractivity contribution in [2.45, 2.75) is 0 Å². The molecular formula is C10H11N5. The van der Waals surface area contributed by atoms with Crippen LogP contribution in [0.1, 0.15) is 5.56 Å². The summed E-state index contributed by atoms with van der Waals surface area (Å²) in [5.74, 6) is 0. The predicted molar refractivity (Wildman–Crippen MR) is 60.5 cm³/mol. The third-order valence-corrected chi connectivity index (χ3v) is 2.07. The van der Waals surface area contributed by atoms with Gasteiger partial charge in [0.25, 0.3) is 0 Å². The first-order chi connectivity index (χ1) is 7.35. The summed E-state index contributed by atoms with van der Waals surface area (Å²) in [7, 11) is 1.70. The molecule has 0 saturated carbocycles. The van der Waals surface area contributed by atoms with Crippen molar-refractivity contribution in [1.29, 1.82) is 0 Å². The molecule has 2 rings (SSSR count). The molecule has 0 unspecified atom stereocenters. The smallest absolute Gasteiger partial charge is 0.108 e. The van der Waals surface area contributed by atoms with E-state index in [2.05, 4.69) is 20.2 Å². The lowest BCUT2D eigenvalue weighted by Gasteiger charge is -1.99. The van der Waals surface area contributed by atoms with Gasteiger partial charge in [0.1, 0.15) is 5.52 Å². The summed E-state index contributed by atoms with van der Waals surface area (Å²) in [5.41, 5.74) is 8.98. The zero-order valence-corrected chi connectivity index (χ0v) is 8.31. The van der Waals surface area contributed by atoms with Gasteiger partial charge in [-0.15, -0.1) is 0 Å². The predicted octanol–water partition coefficient (Wildman–Crippen LogP) is 0.958. The van der Waals surface area contributed by atoms with Crippen molar-refractivity contribution in [3.05, 3.63) is 30.2 Å². The summed E-state index contributed by atoms with van der Waals surface area (Å²) in [6, 6.07) is 1.94. The standard InChI is InChI=1S/C10H11N5/c1-12-4-8(3-11)7-2-9-10(13-5-7)6-14-15-9/h2-6H,11H2,1H3,(H,14,15). The topological polar surface area (TPSA) is 79.9 Å². The van der Waals surface area contributed by atoms with Crippen LogP contribution < -0.4 is 5.73 Å². The minimum absolute atomic E-state index is 0.835. The number of fused-ring (bicyclic) bond motifs is 1. The number of nitrogens with two attached hydrogens (primary N) is 1. The third kappa shape index (κ3) is 1.71. The fourth-order valence-corrected chi connectivity index (χ4v) is 1.34. The number of aromatic nitrogens is 3. The van der Waals surface area contributed by atoms with E-state index in [0.29, 0.717) is 0 Å². The van der Waals surface area contributed by atoms with Crippen molar-refractivity contribution < 1.29 is 0 Å². The van der Waals surface area contributed by atoms with Gasteiger partial charge in [-0.25, -0.2) is 0 Å². The molecule has 0 radical (unpaired) electrons. The molecule has 0 fully saturated rings. The van der Waals surface area contributed by atoms with Gasteiger partial charge in [-0.3, -0.25) is 15.1 Å². The summed E-state index contributed by atoms with van der Waals surface area (Å²) in [5, 5.41) is 6.76. The van der Waals surface area contributed by atoms with E-state index in [1.807, 2.05) is 6.07 Å². The number of rotatable bonds is 2. The van der Waals surface area contributed by atoms with Crippen molar-refractivity contribution in [2.24, 2.45) is 10.7 Å². The summed E-state index contributed by atoms with van der Waals surface area (Å²) in [4.78, 5) is 8.16. The first-order valence-electron chi connectivity index (χ1n) is 4.48. The van der Waals surface area contributed by atoms with Crippen LogP contribution >= 0.6 is 0 Å². The van der Waals surface area contributed by atoms with Crippen LogP contribution in [0.15, 0.2) is 29.7 Å². The maximum atomic E-state index is 5.50. The van der Waals surface area contributed by atoms with Crippen LogP contribution in [-0.4, -0.2) is 28.4 Å². The van der Waals surface area contributed by atoms with E-state index < -0.39 is 0 Å². The first kappa shape index (κ1) is 9.39. The minimum atomic E-state index is 0.835. The molecule has 0 atom stereocenters. The molecule has 3 N–H and O–H groups in total. The second kappa shape index (κ2) is 3.91. The number of hydrogen-bond donors (Lipinski definition) is 2. The molecule has 0 aliphatic carbocycles. The molecule has 0 aromatic carbocycles. The zero-order valence-electron chi connectivity index (χ0n) is 8.31. The molecule has 5 nitrogen and oxygen atoms in total. The number of hydrogen-bond acceptors (Lipinski definition) is 4. The second-order valence-electron chi connectivity index (χ2n) is 3.04. The third-order valence-electron chi connectivity index (χ3n) is 2.07. The number of aromatic amines is 1. The Balaban J connectivity index is 2.51. The lowest BCUT2D eigenvalue weighted by Crippen LogP contribution is -1.92. The van der Waals surface area contributed by atoms with Crippen molar-refractivity contribution in [3.8, 4) is 0 Å². The van der Waals surface area contributed by atoms with Crippen LogP contribution in [0.5, 0.6) is 0 Å². The highest BCUT2D eigenvalue weighted by molar-refractivity contribution is 6.10. The first-order valence-corrected chi connectivity index (χ1v) is 4.48. The van der Waals surface area contributed by atoms with Gasteiger partial charge in [0.2, 0.25) is 0 Å². The molecule has 0 aliphatic heterocycles. The Kier molecular flexibility index (Phi) is 2.45. The lowest BCUT2D eigenvalue weighted by atomic mass is 10.1. The Morgan fingerprint density at radius 3 is 3.13 bits per heavy atom. The molecule has 0 bridgehead atoms. The monoisotopic (exact) mass is 201 g/mol. The molecule has 0 aliphatic rings. The second-order valence-corrected chi connectivity index (χ2v) is 3.04. The molecule has 0 spiro atoms. The highest BCUT2D eigenvalue weighted by atomic mass is 15.1. The Labute approximate surface area is 86.7 Å². The van der Waals surface area contributed by atoms with Crippen LogP contribution in [0.3, 0.4) is 0 Å². The van der Waals surface area contributed by atoms with Crippen LogP contribution in [0.4, 0.5) is 0 Å². The summed E-state index contributed by atoms with van der Waals surface area (Å²) in [6.07, 6.45) is 6.63. The average Bonchev–Trinajstić information content (AvgIpc) is 2.72. The summed E-state index contributed by atoms with van der Waals surface area (Å²) < 4.78 is 0. The molecule has 76 valence electrons. The van der Waals surface area contributed by atoms with Gasteiger partial charge in [0.05, 0.1) is 11.7 Å². The van der Waals surface area contributed by atoms with Gasteiger partial charge < -0.3 is 5.73 Å². The Morgan fingerprint density at radius 2 is 2.40 bits per heavy atom. The van der Waals surface area contributed by atoms with Crippen LogP contribution in [0.25, 0.3) is 16.6 Å². The molecule has 2 aromatic heterocycles. The Hall–Kier alpha value is -2.17. The quantitative estimate of drug-likeness (QED) is 0.710. The highest BCUT2D eigenvalue weighted by Crippen LogP contribution is 2.15. The van der Waals surface area contributed by atoms with E-state index in [1.165, 1.54) is 6.20 Å². The van der Waals surface area contributed by atoms with Crippen molar-refractivity contribution in [1.82, 2.24) is 15.2 Å². The highest BCUT2D eigenvalue weighted by Gasteiger charge is 2.02. The normalized spacial score (nSPS) is 12.7. The number of aliphatic imine (C=N–C) groups is 1. The maximum Gasteiger partial charge on any atom is 0.108 e. The summed E-state index contributed by atoms with van der Waals surface area (Å²) in [6.45, 7) is 0. The van der Waals surface area contributed by atoms with Gasteiger partial charge >= 0.3 is 0 Å². The average molecular weight is 201 g/mol. The van der Waals surface area contributed by atoms with E-state index in [-0.39, 0.29) is 0 Å². The number of nitrogens with zero attached hydrogens (tertiary/aromatic N) is 3. The van der Waals surface area contributed by atoms with Gasteiger partial charge in [-0.1, -0.05) is 0 Å². The van der Waals surface area contributed by atoms with E-state index in [0.717, 1.165) is 22.2 Å². The van der Waals surface area contributed by atoms with Crippen LogP contribution in [0, 0.1) is 0 Å². The number of allylic oxidation sites excluding steroid dienone is 1. The van der Waals surface area contributed by atoms with Crippen LogP contribution in [-0.2, 0) is 0 Å². The molecule has 15 heavy (non-hydrogen) atoms. The van der Waals surface area contributed by atoms with Crippen LogP contribution in [0.2, 0.25) is 0 Å². The number of H-pyrrole nitrogens is 1. The number of nitrogens with one attached hydrogen (secondary N) is 1. The molecule has 0 saturated heterocycles. The van der Waals surface area contributed by atoms with E-state index in [4.69, 9.17) is 5.73 Å². The largest absolute Gasteiger partial charge is 0.404 e. The molecule has 0 amide bonds. The Morgan fingerprint density at radius 1 is 1.53 bits per heavy atom. The van der Waals surface area contributed by atoms with Crippen molar-refractivity contribution in [3.63, 3.8) is 0 Å². The zero-order chi connectivity index (χ0) is 10.7. The van der Waals surface area contributed by atoms with E-state index in [9.17, 15) is 0 Å².